The van der Waals surface area contributed by atoms with Crippen LogP contribution in [-0.4, -0.2) is 125 Å². The molecule has 2 aromatic heterocycles. The molecule has 4 aliphatic rings. The van der Waals surface area contributed by atoms with Gasteiger partial charge in [0.05, 0.1) is 48.9 Å². The minimum atomic E-state index is -1.33. The number of aromatic amines is 1. The number of aromatic nitrogens is 3. The van der Waals surface area contributed by atoms with Crippen LogP contribution in [0.25, 0.3) is 33.5 Å². The van der Waals surface area contributed by atoms with E-state index in [2.05, 4.69) is 26.3 Å². The lowest BCUT2D eigenvalue weighted by Crippen LogP contribution is -2.55. The van der Waals surface area contributed by atoms with Crippen LogP contribution in [0.1, 0.15) is 63.4 Å². The fourth-order valence-corrected chi connectivity index (χ4v) is 9.97. The van der Waals surface area contributed by atoms with Crippen molar-refractivity contribution in [3.05, 3.63) is 53.6 Å². The highest BCUT2D eigenvalue weighted by molar-refractivity contribution is 5.93. The van der Waals surface area contributed by atoms with E-state index in [4.69, 9.17) is 4.98 Å². The number of carbonyl (C=O) groups excluding carboxylic acids is 4. The first kappa shape index (κ1) is 42.7. The van der Waals surface area contributed by atoms with Crippen molar-refractivity contribution in [2.45, 2.75) is 107 Å². The van der Waals surface area contributed by atoms with Crippen molar-refractivity contribution in [3.63, 3.8) is 0 Å². The Morgan fingerprint density at radius 2 is 1.34 bits per heavy atom. The second-order valence-corrected chi connectivity index (χ2v) is 17.4. The first-order chi connectivity index (χ1) is 29.4. The summed E-state index contributed by atoms with van der Waals surface area (Å²) in [6, 6.07) is 5.50. The molecule has 2 aliphatic heterocycles. The lowest BCUT2D eigenvalue weighted by Gasteiger charge is -2.35. The van der Waals surface area contributed by atoms with E-state index in [9.17, 15) is 28.0 Å². The van der Waals surface area contributed by atoms with Crippen molar-refractivity contribution in [1.29, 1.82) is 0 Å². The molecular formula is C44H55F4N9O4. The summed E-state index contributed by atoms with van der Waals surface area (Å²) in [5, 5.41) is 12.0. The fraction of sp³-hybridized carbons (Fsp3) is 0.568. The topological polar surface area (TPSA) is 156 Å². The molecule has 13 nitrogen and oxygen atoms in total. The van der Waals surface area contributed by atoms with Crippen molar-refractivity contribution < 1.29 is 36.7 Å². The number of benzene rings is 2. The summed E-state index contributed by atoms with van der Waals surface area (Å²) in [7, 11) is 3.28. The summed E-state index contributed by atoms with van der Waals surface area (Å²) in [4.78, 5) is 65.5. The van der Waals surface area contributed by atoms with Gasteiger partial charge < -0.3 is 40.6 Å². The molecule has 0 radical (unpaired) electrons. The Kier molecular flexibility index (Phi) is 12.7. The molecule has 0 bridgehead atoms. The number of nitrogens with one attached hydrogen (secondary N) is 5. The van der Waals surface area contributed by atoms with Gasteiger partial charge in [-0.3, -0.25) is 19.2 Å². The Bertz CT molecular complexity index is 2270. The molecule has 61 heavy (non-hydrogen) atoms. The highest BCUT2D eigenvalue weighted by Gasteiger charge is 2.45. The summed E-state index contributed by atoms with van der Waals surface area (Å²) in [5.74, 6) is -2.22. The van der Waals surface area contributed by atoms with Crippen molar-refractivity contribution in [2.24, 2.45) is 11.8 Å². The average Bonchev–Trinajstić information content (AvgIpc) is 3.60. The number of likely N-dealkylation sites (N-methyl/N-ethyl adjacent to an activating group) is 2. The van der Waals surface area contributed by atoms with Crippen molar-refractivity contribution in [1.82, 2.24) is 45.6 Å². The Morgan fingerprint density at radius 1 is 0.770 bits per heavy atom. The van der Waals surface area contributed by atoms with Gasteiger partial charge in [0.1, 0.15) is 36.1 Å². The first-order valence-electron chi connectivity index (χ1n) is 21.7. The number of amides is 4. The van der Waals surface area contributed by atoms with E-state index in [1.54, 1.807) is 26.2 Å². The lowest BCUT2D eigenvalue weighted by atomic mass is 9.83. The third-order valence-corrected chi connectivity index (χ3v) is 13.0. The molecule has 2 aromatic carbocycles. The monoisotopic (exact) mass is 849 g/mol. The van der Waals surface area contributed by atoms with Gasteiger partial charge in [0.25, 0.3) is 0 Å². The summed E-state index contributed by atoms with van der Waals surface area (Å²) in [5.41, 5.74) is 2.29. The van der Waals surface area contributed by atoms with Crippen LogP contribution >= 0.6 is 0 Å². The molecule has 2 saturated carbocycles. The Balaban J connectivity index is 1.16. The van der Waals surface area contributed by atoms with Crippen LogP contribution in [0.4, 0.5) is 17.6 Å². The van der Waals surface area contributed by atoms with Gasteiger partial charge in [-0.25, -0.2) is 22.5 Å². The molecule has 328 valence electrons. The molecule has 4 aromatic rings. The van der Waals surface area contributed by atoms with Gasteiger partial charge in [-0.05, 0) is 93.9 Å². The number of hydrogen-bond acceptors (Lipinski definition) is 7. The molecular weight excluding hydrogens is 795 g/mol. The normalized spacial score (nSPS) is 23.2. The van der Waals surface area contributed by atoms with E-state index in [0.717, 1.165) is 44.9 Å². The molecule has 17 heteroatoms. The van der Waals surface area contributed by atoms with Crippen molar-refractivity contribution in [3.8, 4) is 11.5 Å². The number of fused-ring (bicyclic) bond motifs is 2. The number of halogens is 4. The van der Waals surface area contributed by atoms with E-state index in [-0.39, 0.29) is 87.5 Å². The van der Waals surface area contributed by atoms with Gasteiger partial charge in [0, 0.05) is 42.4 Å². The van der Waals surface area contributed by atoms with E-state index in [0.29, 0.717) is 39.0 Å². The standard InChI is InChI=1S/C44H55F4N9O4/c1-49-19-37(58)53-39(24-6-4-3-5-7-24)44(61)56-22-29(48)15-31(56)23-57-36-13-11-27(46)17-35(36)52-42(57)41-33(32-12-10-26(45)16-34(32)51-41)18-30-14-28(47)21-55(30)43(60)40(25-8-9-25)54-38(59)20-50-2/h10-13,16-17,24-25,28-31,39-40,49-51H,3-9,14-15,18-23H2,1-2H3,(H,53,58)(H,54,59). The lowest BCUT2D eigenvalue weighted by molar-refractivity contribution is -0.139. The molecule has 6 atom stereocenters. The van der Waals surface area contributed by atoms with Crippen LogP contribution in [0.5, 0.6) is 0 Å². The third kappa shape index (κ3) is 9.13. The number of alkyl halides is 2. The smallest absolute Gasteiger partial charge is 0.245 e. The summed E-state index contributed by atoms with van der Waals surface area (Å²) < 4.78 is 62.6. The zero-order chi connectivity index (χ0) is 42.9. The second kappa shape index (κ2) is 18.1. The number of hydrogen-bond donors (Lipinski definition) is 5. The molecule has 5 N–H and O–H groups in total. The van der Waals surface area contributed by atoms with E-state index in [1.807, 2.05) is 4.57 Å². The number of rotatable bonds is 15. The number of imidazole rings is 1. The van der Waals surface area contributed by atoms with E-state index >= 15 is 8.78 Å². The second-order valence-electron chi connectivity index (χ2n) is 17.4. The van der Waals surface area contributed by atoms with Crippen LogP contribution in [0.2, 0.25) is 0 Å². The minimum Gasteiger partial charge on any atom is -0.352 e. The Labute approximate surface area is 351 Å². The minimum absolute atomic E-state index is 0.0166. The van der Waals surface area contributed by atoms with Gasteiger partial charge in [-0.1, -0.05) is 19.3 Å². The van der Waals surface area contributed by atoms with Gasteiger partial charge in [0.15, 0.2) is 5.82 Å². The highest BCUT2D eigenvalue weighted by Crippen LogP contribution is 2.39. The maximum absolute atomic E-state index is 15.6. The predicted molar refractivity (Wildman–Crippen MR) is 222 cm³/mol. The Morgan fingerprint density at radius 3 is 1.97 bits per heavy atom. The first-order valence-corrected chi connectivity index (χ1v) is 21.7. The average molecular weight is 850 g/mol. The maximum atomic E-state index is 15.6. The van der Waals surface area contributed by atoms with Crippen molar-refractivity contribution >= 4 is 45.6 Å². The van der Waals surface area contributed by atoms with Gasteiger partial charge in [0.2, 0.25) is 23.6 Å². The highest BCUT2D eigenvalue weighted by atomic mass is 19.1. The predicted octanol–water partition coefficient (Wildman–Crippen LogP) is 4.28. The Hall–Kier alpha value is -5.03. The summed E-state index contributed by atoms with van der Waals surface area (Å²) in [6.45, 7) is -0.193. The van der Waals surface area contributed by atoms with Crippen LogP contribution < -0.4 is 21.3 Å². The van der Waals surface area contributed by atoms with E-state index < -0.39 is 48.1 Å². The molecule has 4 amide bonds. The quantitative estimate of drug-likeness (QED) is 0.112. The van der Waals surface area contributed by atoms with Crippen molar-refractivity contribution in [2.75, 3.05) is 40.3 Å². The maximum Gasteiger partial charge on any atom is 0.245 e. The number of nitrogens with zero attached hydrogens (tertiary/aromatic N) is 4. The zero-order valence-corrected chi connectivity index (χ0v) is 34.6. The van der Waals surface area contributed by atoms with Crippen LogP contribution in [0.15, 0.2) is 36.4 Å². The molecule has 6 unspecified atom stereocenters. The SMILES string of the molecule is CNCC(=O)NC(C(=O)N1CC(F)CC1Cc1c(-c2nc3cc(F)ccc3n2CC2CC(F)CN2C(=O)C(NC(=O)CNC)C2CCCCC2)[nH]c2cc(F)ccc12)C1CC1. The fourth-order valence-electron chi connectivity index (χ4n) is 9.97. The number of likely N-dealkylation sites (tertiary alicyclic amines) is 2. The van der Waals surface area contributed by atoms with Crippen LogP contribution in [-0.2, 0) is 32.1 Å². The van der Waals surface area contributed by atoms with Crippen LogP contribution in [0.3, 0.4) is 0 Å². The summed E-state index contributed by atoms with van der Waals surface area (Å²) >= 11 is 0. The number of H-pyrrole nitrogens is 1. The number of carbonyl (C=O) groups is 4. The van der Waals surface area contributed by atoms with Crippen LogP contribution in [0, 0.1) is 23.5 Å². The largest absolute Gasteiger partial charge is 0.352 e. The van der Waals surface area contributed by atoms with Gasteiger partial charge >= 0.3 is 0 Å². The van der Waals surface area contributed by atoms with Gasteiger partial charge in [-0.15, -0.1) is 0 Å². The van der Waals surface area contributed by atoms with E-state index in [1.165, 1.54) is 34.1 Å². The molecule has 0 spiro atoms. The molecule has 8 rings (SSSR count). The molecule has 4 heterocycles. The third-order valence-electron chi connectivity index (χ3n) is 13.0. The molecule has 2 aliphatic carbocycles. The molecule has 4 fully saturated rings. The zero-order valence-electron chi connectivity index (χ0n) is 34.6. The summed E-state index contributed by atoms with van der Waals surface area (Å²) in [6.07, 6.45) is 3.49. The van der Waals surface area contributed by atoms with Gasteiger partial charge in [-0.2, -0.15) is 0 Å². The molecule has 2 saturated heterocycles.